The van der Waals surface area contributed by atoms with Crippen molar-refractivity contribution in [2.24, 2.45) is 0 Å². The Morgan fingerprint density at radius 2 is 1.20 bits per heavy atom. The molecule has 0 spiro atoms. The third-order valence-electron chi connectivity index (χ3n) is 3.69. The van der Waals surface area contributed by atoms with Gasteiger partial charge in [-0.15, -0.1) is 0 Å². The molecule has 132 valence electrons. The molecule has 0 aliphatic rings. The Labute approximate surface area is 178 Å². The van der Waals surface area contributed by atoms with Crippen LogP contribution in [0.5, 0.6) is 11.5 Å². The van der Waals surface area contributed by atoms with Crippen LogP contribution in [0.2, 0.25) is 0 Å². The van der Waals surface area contributed by atoms with Crippen molar-refractivity contribution in [1.82, 2.24) is 9.97 Å². The first-order chi connectivity index (χ1) is 11.5. The third kappa shape index (κ3) is 5.50. The molecule has 2 aromatic heterocycles. The van der Waals surface area contributed by atoms with Gasteiger partial charge in [-0.2, -0.15) is 0 Å². The van der Waals surface area contributed by atoms with Crippen LogP contribution in [-0.4, -0.2) is 30.4 Å². The summed E-state index contributed by atoms with van der Waals surface area (Å²) >= 11 is 0. The number of aliphatic hydroxyl groups is 2. The molecule has 6 nitrogen and oxygen atoms in total. The summed E-state index contributed by atoms with van der Waals surface area (Å²) in [5, 5.41) is 38.7. The Morgan fingerprint density at radius 1 is 0.840 bits per heavy atom. The van der Waals surface area contributed by atoms with Crippen molar-refractivity contribution in [3.05, 3.63) is 46.0 Å². The molecule has 0 unspecified atom stereocenters. The first-order valence-electron chi connectivity index (χ1n) is 7.28. The van der Waals surface area contributed by atoms with Gasteiger partial charge in [-0.1, -0.05) is 21.6 Å². The summed E-state index contributed by atoms with van der Waals surface area (Å²) in [6.07, 6.45) is 3.32. The molecule has 0 saturated carbocycles. The van der Waals surface area contributed by atoms with Crippen LogP contribution in [0.3, 0.4) is 0 Å². The average molecular weight is 392 g/mol. The maximum atomic E-state index is 9.94. The van der Waals surface area contributed by atoms with E-state index in [9.17, 15) is 20.4 Å². The Balaban J connectivity index is 0.00000312. The zero-order valence-electron chi connectivity index (χ0n) is 15.5. The van der Waals surface area contributed by atoms with Gasteiger partial charge in [-0.25, -0.2) is 0 Å². The summed E-state index contributed by atoms with van der Waals surface area (Å²) in [6.45, 7) is 2.90. The molecule has 0 aliphatic carbocycles. The van der Waals surface area contributed by atoms with Gasteiger partial charge in [0.2, 0.25) is 0 Å². The predicted octanol–water partition coefficient (Wildman–Crippen LogP) is -0.313. The van der Waals surface area contributed by atoms with Gasteiger partial charge in [0.25, 0.3) is 0 Å². The largest absolute Gasteiger partial charge is 1.00 e. The van der Waals surface area contributed by atoms with Crippen LogP contribution in [0.1, 0.15) is 35.1 Å². The minimum absolute atomic E-state index is 0. The van der Waals surface area contributed by atoms with Crippen LogP contribution >= 0.6 is 21.6 Å². The van der Waals surface area contributed by atoms with Gasteiger partial charge < -0.3 is 21.9 Å². The molecule has 0 atom stereocenters. The second-order valence-corrected chi connectivity index (χ2v) is 7.70. The fraction of sp³-hybridized carbons (Fsp3) is 0.375. The molecular formula is C16H21N2NaO4S2. The quantitative estimate of drug-likeness (QED) is 0.289. The molecule has 9 heteroatoms. The van der Waals surface area contributed by atoms with E-state index in [4.69, 9.17) is 0 Å². The fourth-order valence-electron chi connectivity index (χ4n) is 2.18. The van der Waals surface area contributed by atoms with Gasteiger partial charge in [0.05, 0.1) is 24.6 Å². The topological polar surface area (TPSA) is 107 Å². The molecule has 0 saturated heterocycles. The second-order valence-electron chi connectivity index (χ2n) is 5.23. The number of hydrogen-bond donors (Lipinski definition) is 4. The molecule has 0 radical (unpaired) electrons. The number of aryl methyl sites for hydroxylation is 2. The molecule has 2 heterocycles. The SMILES string of the molecule is Cc1ncc(CSSCc2cnc(C)c(O)c2CO)c(CO)c1O.[H-].[Na+]. The minimum atomic E-state index is -0.236. The Bertz CT molecular complexity index is 676. The Hall–Kier alpha value is -0.480. The van der Waals surface area contributed by atoms with E-state index < -0.39 is 0 Å². The zero-order chi connectivity index (χ0) is 17.7. The van der Waals surface area contributed by atoms with Gasteiger partial charge in [-0.05, 0) is 25.0 Å². The number of aliphatic hydroxyl groups excluding tert-OH is 2. The number of aromatic nitrogens is 2. The van der Waals surface area contributed by atoms with E-state index in [1.807, 2.05) is 0 Å². The number of aromatic hydroxyl groups is 2. The maximum Gasteiger partial charge on any atom is 1.00 e. The average Bonchev–Trinajstić information content (AvgIpc) is 2.58. The number of nitrogens with zero attached hydrogens (tertiary/aromatic N) is 2. The van der Waals surface area contributed by atoms with E-state index in [0.29, 0.717) is 34.0 Å². The van der Waals surface area contributed by atoms with Gasteiger partial charge in [0, 0.05) is 35.0 Å². The predicted molar refractivity (Wildman–Crippen MR) is 96.8 cm³/mol. The van der Waals surface area contributed by atoms with Crippen molar-refractivity contribution < 1.29 is 51.4 Å². The van der Waals surface area contributed by atoms with E-state index in [-0.39, 0.29) is 55.7 Å². The van der Waals surface area contributed by atoms with E-state index in [1.165, 1.54) is 21.6 Å². The minimum Gasteiger partial charge on any atom is -1.00 e. The normalized spacial score (nSPS) is 10.6. The number of rotatable bonds is 7. The number of hydrogen-bond acceptors (Lipinski definition) is 8. The molecule has 2 aromatic rings. The van der Waals surface area contributed by atoms with Crippen molar-refractivity contribution in [1.29, 1.82) is 0 Å². The van der Waals surface area contributed by atoms with Crippen molar-refractivity contribution in [2.75, 3.05) is 0 Å². The second kappa shape index (κ2) is 10.6. The summed E-state index contributed by atoms with van der Waals surface area (Å²) in [5.41, 5.74) is 3.56. The molecule has 0 bridgehead atoms. The van der Waals surface area contributed by atoms with Crippen molar-refractivity contribution in [3.63, 3.8) is 0 Å². The summed E-state index contributed by atoms with van der Waals surface area (Å²) in [4.78, 5) is 8.23. The molecule has 0 aliphatic heterocycles. The molecule has 0 amide bonds. The smallest absolute Gasteiger partial charge is 1.00 e. The van der Waals surface area contributed by atoms with Gasteiger partial charge in [-0.3, -0.25) is 9.97 Å². The van der Waals surface area contributed by atoms with Crippen LogP contribution < -0.4 is 29.6 Å². The number of pyridine rings is 2. The first-order valence-corrected chi connectivity index (χ1v) is 9.77. The zero-order valence-corrected chi connectivity index (χ0v) is 18.1. The van der Waals surface area contributed by atoms with Crippen LogP contribution in [0, 0.1) is 13.8 Å². The molecule has 0 aromatic carbocycles. The van der Waals surface area contributed by atoms with E-state index in [1.54, 1.807) is 26.2 Å². The van der Waals surface area contributed by atoms with Crippen LogP contribution in [0.25, 0.3) is 0 Å². The Kier molecular flexibility index (Phi) is 9.58. The van der Waals surface area contributed by atoms with Gasteiger partial charge in [0.15, 0.2) is 0 Å². The third-order valence-corrected chi connectivity index (χ3v) is 5.92. The van der Waals surface area contributed by atoms with Gasteiger partial charge in [0.1, 0.15) is 11.5 Å². The fourth-order valence-corrected chi connectivity index (χ4v) is 4.36. The van der Waals surface area contributed by atoms with Crippen LogP contribution in [0.4, 0.5) is 0 Å². The summed E-state index contributed by atoms with van der Waals surface area (Å²) in [5.74, 6) is 1.22. The summed E-state index contributed by atoms with van der Waals surface area (Å²) < 4.78 is 0. The van der Waals surface area contributed by atoms with Gasteiger partial charge >= 0.3 is 29.6 Å². The van der Waals surface area contributed by atoms with E-state index in [0.717, 1.165) is 11.1 Å². The maximum absolute atomic E-state index is 9.94. The molecule has 0 fully saturated rings. The van der Waals surface area contributed by atoms with Crippen LogP contribution in [-0.2, 0) is 24.7 Å². The van der Waals surface area contributed by atoms with Crippen molar-refractivity contribution in [3.8, 4) is 11.5 Å². The summed E-state index contributed by atoms with van der Waals surface area (Å²) in [6, 6.07) is 0. The van der Waals surface area contributed by atoms with Crippen molar-refractivity contribution >= 4 is 21.6 Å². The van der Waals surface area contributed by atoms with Crippen LogP contribution in [0.15, 0.2) is 12.4 Å². The Morgan fingerprint density at radius 3 is 1.52 bits per heavy atom. The van der Waals surface area contributed by atoms with E-state index >= 15 is 0 Å². The molecule has 25 heavy (non-hydrogen) atoms. The van der Waals surface area contributed by atoms with Crippen molar-refractivity contribution in [2.45, 2.75) is 38.6 Å². The monoisotopic (exact) mass is 392 g/mol. The molecule has 2 rings (SSSR count). The summed E-state index contributed by atoms with van der Waals surface area (Å²) in [7, 11) is 3.08. The molecular weight excluding hydrogens is 371 g/mol. The molecule has 4 N–H and O–H groups in total. The van der Waals surface area contributed by atoms with E-state index in [2.05, 4.69) is 9.97 Å². The first kappa shape index (κ1) is 22.6. The standard InChI is InChI=1S/C16H20N2O4S2.Na.H/c1-9-15(21)13(5-19)11(3-17-9)7-23-24-8-12-4-18-10(2)16(22)14(12)6-20;;/h3-4,19-22H,5-8H2,1-2H3;;/q;+1;-1.